The molecule has 0 saturated heterocycles. The third-order valence-corrected chi connectivity index (χ3v) is 11.6. The van der Waals surface area contributed by atoms with Crippen LogP contribution >= 0.6 is 0 Å². The van der Waals surface area contributed by atoms with Crippen LogP contribution in [0.25, 0.3) is 0 Å². The lowest BCUT2D eigenvalue weighted by Gasteiger charge is -2.67. The van der Waals surface area contributed by atoms with Crippen molar-refractivity contribution in [3.8, 4) is 0 Å². The predicted molar refractivity (Wildman–Crippen MR) is 120 cm³/mol. The van der Waals surface area contributed by atoms with Crippen LogP contribution in [0.2, 0.25) is 0 Å². The molecular formula is C27H46O2. The van der Waals surface area contributed by atoms with Crippen molar-refractivity contribution in [3.05, 3.63) is 0 Å². The van der Waals surface area contributed by atoms with E-state index in [9.17, 15) is 9.90 Å². The average Bonchev–Trinajstić information content (AvgIpc) is 3.05. The number of rotatable bonds is 5. The minimum absolute atomic E-state index is 0.395. The fourth-order valence-electron chi connectivity index (χ4n) is 9.83. The van der Waals surface area contributed by atoms with Crippen LogP contribution in [0.4, 0.5) is 0 Å². The zero-order valence-corrected chi connectivity index (χ0v) is 19.8. The van der Waals surface area contributed by atoms with E-state index in [4.69, 9.17) is 0 Å². The van der Waals surface area contributed by atoms with Crippen LogP contribution in [-0.2, 0) is 4.79 Å². The number of carbonyl (C=O) groups is 1. The molecule has 0 aromatic heterocycles. The maximum atomic E-state index is 11.0. The highest BCUT2D eigenvalue weighted by atomic mass is 16.3. The van der Waals surface area contributed by atoms with Gasteiger partial charge in [0.05, 0.1) is 5.60 Å². The number of fused-ring (bicyclic) bond motifs is 5. The molecule has 0 radical (unpaired) electrons. The standard InChI is InChI=1S/C27H46O2/c1-6-27(29)16-15-24(3)20(18-27)11-13-26(5)22-10-9-21(19(2)8-7-17-28)25(22,4)14-12-23(24)26/h17,19-23,29H,6-16,18H2,1-5H3/t19-,20+,21-,22-,23-,24+,25-,26+,27+/m1/s1. The molecule has 9 atom stereocenters. The smallest absolute Gasteiger partial charge is 0.120 e. The number of aldehydes is 1. The van der Waals surface area contributed by atoms with Crippen molar-refractivity contribution in [2.24, 2.45) is 45.8 Å². The van der Waals surface area contributed by atoms with Crippen LogP contribution in [0.15, 0.2) is 0 Å². The molecule has 1 N–H and O–H groups in total. The quantitative estimate of drug-likeness (QED) is 0.514. The Labute approximate surface area is 179 Å². The molecule has 166 valence electrons. The number of aliphatic hydroxyl groups is 1. The van der Waals surface area contributed by atoms with Crippen molar-refractivity contribution in [3.63, 3.8) is 0 Å². The highest BCUT2D eigenvalue weighted by Crippen LogP contribution is 2.73. The summed E-state index contributed by atoms with van der Waals surface area (Å²) < 4.78 is 0. The minimum Gasteiger partial charge on any atom is -0.390 e. The van der Waals surface area contributed by atoms with E-state index in [2.05, 4.69) is 34.6 Å². The van der Waals surface area contributed by atoms with Crippen LogP contribution in [0.5, 0.6) is 0 Å². The van der Waals surface area contributed by atoms with Crippen LogP contribution in [0, 0.1) is 45.8 Å². The van der Waals surface area contributed by atoms with Crippen molar-refractivity contribution in [2.75, 3.05) is 0 Å². The van der Waals surface area contributed by atoms with Gasteiger partial charge < -0.3 is 9.90 Å². The average molecular weight is 403 g/mol. The van der Waals surface area contributed by atoms with Crippen LogP contribution in [0.1, 0.15) is 112 Å². The van der Waals surface area contributed by atoms with Gasteiger partial charge in [0, 0.05) is 6.42 Å². The van der Waals surface area contributed by atoms with Crippen LogP contribution in [-0.4, -0.2) is 17.0 Å². The van der Waals surface area contributed by atoms with Gasteiger partial charge in [-0.25, -0.2) is 0 Å². The van der Waals surface area contributed by atoms with Crippen molar-refractivity contribution >= 4 is 6.29 Å². The predicted octanol–water partition coefficient (Wildman–Crippen LogP) is 6.79. The molecule has 4 aliphatic carbocycles. The van der Waals surface area contributed by atoms with E-state index in [1.165, 1.54) is 44.9 Å². The lowest BCUT2D eigenvalue weighted by Crippen LogP contribution is -2.60. The molecule has 0 aliphatic heterocycles. The Morgan fingerprint density at radius 1 is 0.931 bits per heavy atom. The third kappa shape index (κ3) is 3.17. The molecule has 0 unspecified atom stereocenters. The summed E-state index contributed by atoms with van der Waals surface area (Å²) in [6.07, 6.45) is 15.4. The Balaban J connectivity index is 1.58. The van der Waals surface area contributed by atoms with Crippen LogP contribution < -0.4 is 0 Å². The Kier molecular flexibility index (Phi) is 5.54. The molecule has 0 aromatic rings. The Hall–Kier alpha value is -0.370. The second-order valence-electron chi connectivity index (χ2n) is 12.6. The summed E-state index contributed by atoms with van der Waals surface area (Å²) in [6, 6.07) is 0. The maximum absolute atomic E-state index is 11.0. The van der Waals surface area contributed by atoms with E-state index in [-0.39, 0.29) is 0 Å². The number of hydrogen-bond donors (Lipinski definition) is 1. The van der Waals surface area contributed by atoms with Gasteiger partial charge in [0.1, 0.15) is 6.29 Å². The lowest BCUT2D eigenvalue weighted by atomic mass is 9.38. The van der Waals surface area contributed by atoms with E-state index in [1.807, 2.05) is 0 Å². The summed E-state index contributed by atoms with van der Waals surface area (Å²) in [4.78, 5) is 10.9. The molecular weight excluding hydrogens is 356 g/mol. The first-order chi connectivity index (χ1) is 13.6. The molecule has 29 heavy (non-hydrogen) atoms. The summed E-state index contributed by atoms with van der Waals surface area (Å²) in [6.45, 7) is 12.5. The van der Waals surface area contributed by atoms with Crippen LogP contribution in [0.3, 0.4) is 0 Å². The molecule has 0 aromatic carbocycles. The topological polar surface area (TPSA) is 37.3 Å². The van der Waals surface area contributed by atoms with Crippen molar-refractivity contribution in [1.82, 2.24) is 0 Å². The molecule has 0 bridgehead atoms. The summed E-state index contributed by atoms with van der Waals surface area (Å²) in [5.41, 5.74) is 0.971. The molecule has 4 aliphatic rings. The summed E-state index contributed by atoms with van der Waals surface area (Å²) >= 11 is 0. The zero-order chi connectivity index (χ0) is 21.1. The Morgan fingerprint density at radius 3 is 2.31 bits per heavy atom. The second kappa shape index (κ2) is 7.35. The van der Waals surface area contributed by atoms with E-state index in [0.717, 1.165) is 56.1 Å². The fraction of sp³-hybridized carbons (Fsp3) is 0.963. The maximum Gasteiger partial charge on any atom is 0.120 e. The summed E-state index contributed by atoms with van der Waals surface area (Å²) in [7, 11) is 0. The normalized spacial score (nSPS) is 52.9. The molecule has 4 saturated carbocycles. The van der Waals surface area contributed by atoms with Crippen molar-refractivity contribution in [2.45, 2.75) is 117 Å². The first-order valence-electron chi connectivity index (χ1n) is 12.8. The zero-order valence-electron chi connectivity index (χ0n) is 19.8. The second-order valence-corrected chi connectivity index (χ2v) is 12.6. The largest absolute Gasteiger partial charge is 0.390 e. The van der Waals surface area contributed by atoms with Gasteiger partial charge in [-0.1, -0.05) is 34.6 Å². The monoisotopic (exact) mass is 402 g/mol. The molecule has 4 rings (SSSR count). The molecule has 2 heteroatoms. The van der Waals surface area contributed by atoms with Crippen molar-refractivity contribution < 1.29 is 9.90 Å². The Bertz CT molecular complexity index is 630. The summed E-state index contributed by atoms with van der Waals surface area (Å²) in [5.74, 6) is 3.87. The SMILES string of the molecule is CC[C@]1(O)CC[C@@]2(C)[C@@H](CC[C@]3(C)[C@@H]2CC[C@@]2(C)[C@H]3CC[C@@H]2[C@H](C)CCC=O)C1. The first-order valence-corrected chi connectivity index (χ1v) is 12.8. The van der Waals surface area contributed by atoms with Gasteiger partial charge in [-0.05, 0) is 116 Å². The molecule has 0 amide bonds. The summed E-state index contributed by atoms with van der Waals surface area (Å²) in [5, 5.41) is 11.0. The molecule has 0 spiro atoms. The third-order valence-electron chi connectivity index (χ3n) is 11.6. The van der Waals surface area contributed by atoms with Gasteiger partial charge in [0.2, 0.25) is 0 Å². The first kappa shape index (κ1) is 21.8. The fourth-order valence-corrected chi connectivity index (χ4v) is 9.83. The van der Waals surface area contributed by atoms with Gasteiger partial charge in [-0.3, -0.25) is 0 Å². The highest BCUT2D eigenvalue weighted by molar-refractivity contribution is 5.49. The van der Waals surface area contributed by atoms with Gasteiger partial charge in [-0.2, -0.15) is 0 Å². The van der Waals surface area contributed by atoms with Gasteiger partial charge >= 0.3 is 0 Å². The molecule has 2 nitrogen and oxygen atoms in total. The molecule has 4 fully saturated rings. The van der Waals surface area contributed by atoms with E-state index >= 15 is 0 Å². The number of hydrogen-bond acceptors (Lipinski definition) is 2. The minimum atomic E-state index is -0.395. The van der Waals surface area contributed by atoms with Gasteiger partial charge in [-0.15, -0.1) is 0 Å². The number of carbonyl (C=O) groups excluding carboxylic acids is 1. The van der Waals surface area contributed by atoms with Gasteiger partial charge in [0.15, 0.2) is 0 Å². The van der Waals surface area contributed by atoms with E-state index in [1.54, 1.807) is 0 Å². The van der Waals surface area contributed by atoms with E-state index < -0.39 is 5.60 Å². The lowest BCUT2D eigenvalue weighted by molar-refractivity contribution is -0.190. The molecule has 0 heterocycles. The highest BCUT2D eigenvalue weighted by Gasteiger charge is 2.65. The van der Waals surface area contributed by atoms with Crippen molar-refractivity contribution in [1.29, 1.82) is 0 Å². The van der Waals surface area contributed by atoms with E-state index in [0.29, 0.717) is 28.1 Å². The van der Waals surface area contributed by atoms with Gasteiger partial charge in [0.25, 0.3) is 0 Å². The Morgan fingerprint density at radius 2 is 1.62 bits per heavy atom.